The number of amides is 2. The number of benzene rings is 2. The summed E-state index contributed by atoms with van der Waals surface area (Å²) in [5.74, 6) is -0.396. The summed E-state index contributed by atoms with van der Waals surface area (Å²) in [7, 11) is 1.74. The molecule has 0 bridgehead atoms. The normalized spacial score (nSPS) is 10.8. The lowest BCUT2D eigenvalue weighted by atomic mass is 10.2. The van der Waals surface area contributed by atoms with Gasteiger partial charge >= 0.3 is 0 Å². The molecule has 2 amide bonds. The molecule has 4 aromatic rings. The first kappa shape index (κ1) is 22.1. The van der Waals surface area contributed by atoms with Crippen LogP contribution in [0.1, 0.15) is 10.5 Å². The number of rotatable bonds is 6. The number of aryl methyl sites for hydroxylation is 1. The van der Waals surface area contributed by atoms with Crippen LogP contribution in [0.15, 0.2) is 72.0 Å². The maximum Gasteiger partial charge on any atom is 0.274 e. The smallest absolute Gasteiger partial charge is 0.274 e. The summed E-state index contributed by atoms with van der Waals surface area (Å²) in [6.07, 6.45) is 1.74. The first-order valence-electron chi connectivity index (χ1n) is 9.48. The van der Waals surface area contributed by atoms with Crippen LogP contribution in [0.4, 0.5) is 0 Å². The van der Waals surface area contributed by atoms with E-state index in [-0.39, 0.29) is 5.75 Å². The van der Waals surface area contributed by atoms with E-state index in [2.05, 4.69) is 15.5 Å². The van der Waals surface area contributed by atoms with Gasteiger partial charge in [-0.2, -0.15) is 0 Å². The van der Waals surface area contributed by atoms with Gasteiger partial charge in [-0.05, 0) is 42.5 Å². The molecule has 10 heteroatoms. The fourth-order valence-electron chi connectivity index (χ4n) is 3.07. The largest absolute Gasteiger partial charge is 0.347 e. The van der Waals surface area contributed by atoms with E-state index in [1.165, 1.54) is 11.8 Å². The van der Waals surface area contributed by atoms with Gasteiger partial charge in [0.2, 0.25) is 5.91 Å². The van der Waals surface area contributed by atoms with Gasteiger partial charge in [0.05, 0.1) is 10.8 Å². The molecule has 0 saturated heterocycles. The van der Waals surface area contributed by atoms with Crippen LogP contribution in [0.25, 0.3) is 17.1 Å². The van der Waals surface area contributed by atoms with Gasteiger partial charge < -0.3 is 4.57 Å². The minimum absolute atomic E-state index is 0.0184. The Kier molecular flexibility index (Phi) is 6.64. The van der Waals surface area contributed by atoms with Crippen molar-refractivity contribution in [3.8, 4) is 17.1 Å². The van der Waals surface area contributed by atoms with Crippen LogP contribution in [0.5, 0.6) is 0 Å². The van der Waals surface area contributed by atoms with E-state index in [4.69, 9.17) is 23.2 Å². The quantitative estimate of drug-likeness (QED) is 0.402. The fourth-order valence-corrected chi connectivity index (χ4v) is 4.32. The van der Waals surface area contributed by atoms with Crippen molar-refractivity contribution >= 4 is 46.8 Å². The molecule has 2 aromatic heterocycles. The van der Waals surface area contributed by atoms with Gasteiger partial charge in [0.15, 0.2) is 11.0 Å². The van der Waals surface area contributed by atoms with E-state index >= 15 is 0 Å². The molecule has 2 heterocycles. The maximum atomic E-state index is 12.4. The van der Waals surface area contributed by atoms with Gasteiger partial charge in [0.1, 0.15) is 5.69 Å². The van der Waals surface area contributed by atoms with E-state index in [0.29, 0.717) is 32.3 Å². The number of hydrogen-bond donors (Lipinski definition) is 1. The average Bonchev–Trinajstić information content (AvgIpc) is 3.39. The molecule has 0 atom stereocenters. The number of thioether (sulfide) groups is 1. The Labute approximate surface area is 198 Å². The van der Waals surface area contributed by atoms with Crippen LogP contribution >= 0.6 is 35.0 Å². The van der Waals surface area contributed by atoms with Gasteiger partial charge in [0, 0.05) is 29.5 Å². The Morgan fingerprint density at radius 1 is 1.03 bits per heavy atom. The molecule has 0 spiro atoms. The lowest BCUT2D eigenvalue weighted by Crippen LogP contribution is -2.33. The molecule has 0 saturated carbocycles. The van der Waals surface area contributed by atoms with E-state index < -0.39 is 11.8 Å². The van der Waals surface area contributed by atoms with Crippen molar-refractivity contribution in [1.29, 1.82) is 0 Å². The zero-order chi connectivity index (χ0) is 22.7. The zero-order valence-electron chi connectivity index (χ0n) is 16.8. The van der Waals surface area contributed by atoms with Gasteiger partial charge in [-0.25, -0.2) is 0 Å². The number of imide groups is 1. The maximum absolute atomic E-state index is 12.4. The molecule has 0 unspecified atom stereocenters. The van der Waals surface area contributed by atoms with Crippen LogP contribution in [-0.2, 0) is 11.8 Å². The van der Waals surface area contributed by atoms with Crippen molar-refractivity contribution in [2.75, 3.05) is 5.75 Å². The van der Waals surface area contributed by atoms with Crippen LogP contribution in [0.3, 0.4) is 0 Å². The highest BCUT2D eigenvalue weighted by Gasteiger charge is 2.20. The first-order chi connectivity index (χ1) is 15.4. The van der Waals surface area contributed by atoms with Gasteiger partial charge in [-0.3, -0.25) is 19.5 Å². The predicted molar refractivity (Wildman–Crippen MR) is 125 cm³/mol. The van der Waals surface area contributed by atoms with E-state index in [1.807, 2.05) is 34.9 Å². The summed E-state index contributed by atoms with van der Waals surface area (Å²) >= 11 is 13.6. The molecule has 0 radical (unpaired) electrons. The Bertz CT molecular complexity index is 1290. The standard InChI is InChI=1S/C22H17Cl2N5O2S/c1-28-11-5-8-18(28)21(31)25-19(30)13-32-22-27-26-20(16-10-9-14(23)12-17(16)24)29(22)15-6-3-2-4-7-15/h2-12H,13H2,1H3,(H,25,30,31). The summed E-state index contributed by atoms with van der Waals surface area (Å²) in [4.78, 5) is 24.7. The second kappa shape index (κ2) is 9.60. The fraction of sp³-hybridized carbons (Fsp3) is 0.0909. The molecule has 0 fully saturated rings. The topological polar surface area (TPSA) is 81.8 Å². The number of carbonyl (C=O) groups is 2. The second-order valence-electron chi connectivity index (χ2n) is 6.77. The molecule has 2 aromatic carbocycles. The van der Waals surface area contributed by atoms with Gasteiger partial charge in [-0.1, -0.05) is 53.2 Å². The molecule has 0 aliphatic heterocycles. The number of nitrogens with zero attached hydrogens (tertiary/aromatic N) is 4. The summed E-state index contributed by atoms with van der Waals surface area (Å²) < 4.78 is 3.45. The summed E-state index contributed by atoms with van der Waals surface area (Å²) in [5.41, 5.74) is 1.86. The van der Waals surface area contributed by atoms with Crippen LogP contribution in [0, 0.1) is 0 Å². The minimum atomic E-state index is -0.457. The number of para-hydroxylation sites is 1. The molecule has 162 valence electrons. The van der Waals surface area contributed by atoms with E-state index in [1.54, 1.807) is 48.1 Å². The summed E-state index contributed by atoms with van der Waals surface area (Å²) in [6, 6.07) is 18.0. The average molecular weight is 486 g/mol. The minimum Gasteiger partial charge on any atom is -0.347 e. The van der Waals surface area contributed by atoms with Crippen molar-refractivity contribution in [3.05, 3.63) is 82.6 Å². The number of nitrogens with one attached hydrogen (secondary N) is 1. The monoisotopic (exact) mass is 485 g/mol. The third-order valence-electron chi connectivity index (χ3n) is 4.58. The third kappa shape index (κ3) is 4.72. The van der Waals surface area contributed by atoms with Crippen molar-refractivity contribution in [1.82, 2.24) is 24.6 Å². The number of aromatic nitrogens is 4. The van der Waals surface area contributed by atoms with Crippen molar-refractivity contribution in [3.63, 3.8) is 0 Å². The Morgan fingerprint density at radius 2 is 1.81 bits per heavy atom. The third-order valence-corrected chi connectivity index (χ3v) is 6.06. The second-order valence-corrected chi connectivity index (χ2v) is 8.56. The highest BCUT2D eigenvalue weighted by atomic mass is 35.5. The zero-order valence-corrected chi connectivity index (χ0v) is 19.2. The lowest BCUT2D eigenvalue weighted by molar-refractivity contribution is -0.117. The van der Waals surface area contributed by atoms with Gasteiger partial charge in [0.25, 0.3) is 5.91 Å². The summed E-state index contributed by atoms with van der Waals surface area (Å²) in [5, 5.41) is 12.4. The highest BCUT2D eigenvalue weighted by molar-refractivity contribution is 7.99. The molecule has 1 N–H and O–H groups in total. The first-order valence-corrected chi connectivity index (χ1v) is 11.2. The molecule has 0 aliphatic rings. The van der Waals surface area contributed by atoms with E-state index in [0.717, 1.165) is 5.69 Å². The predicted octanol–water partition coefficient (Wildman–Crippen LogP) is 4.63. The molecule has 32 heavy (non-hydrogen) atoms. The molecular weight excluding hydrogens is 469 g/mol. The lowest BCUT2D eigenvalue weighted by Gasteiger charge is -2.11. The highest BCUT2D eigenvalue weighted by Crippen LogP contribution is 2.33. The Balaban J connectivity index is 1.59. The molecule has 0 aliphatic carbocycles. The Morgan fingerprint density at radius 3 is 2.50 bits per heavy atom. The number of hydrogen-bond acceptors (Lipinski definition) is 5. The van der Waals surface area contributed by atoms with E-state index in [9.17, 15) is 9.59 Å². The van der Waals surface area contributed by atoms with Crippen molar-refractivity contribution < 1.29 is 9.59 Å². The van der Waals surface area contributed by atoms with Crippen LogP contribution in [-0.4, -0.2) is 36.9 Å². The van der Waals surface area contributed by atoms with Crippen molar-refractivity contribution in [2.45, 2.75) is 5.16 Å². The molecule has 7 nitrogen and oxygen atoms in total. The van der Waals surface area contributed by atoms with Crippen LogP contribution < -0.4 is 5.32 Å². The summed E-state index contributed by atoms with van der Waals surface area (Å²) in [6.45, 7) is 0. The van der Waals surface area contributed by atoms with Gasteiger partial charge in [-0.15, -0.1) is 10.2 Å². The van der Waals surface area contributed by atoms with Crippen molar-refractivity contribution in [2.24, 2.45) is 7.05 Å². The SMILES string of the molecule is Cn1cccc1C(=O)NC(=O)CSc1nnc(-c2ccc(Cl)cc2Cl)n1-c1ccccc1. The van der Waals surface area contributed by atoms with Crippen LogP contribution in [0.2, 0.25) is 10.0 Å². The Hall–Kier alpha value is -3.07. The number of carbonyl (C=O) groups excluding carboxylic acids is 2. The molecular formula is C22H17Cl2N5O2S. The number of halogens is 2. The molecule has 4 rings (SSSR count).